The number of nitrogens with one attached hydrogen (secondary N) is 2. The molecule has 0 atom stereocenters. The summed E-state index contributed by atoms with van der Waals surface area (Å²) in [5.74, 6) is 2.48. The van der Waals surface area contributed by atoms with Gasteiger partial charge in [-0.2, -0.15) is 0 Å². The molecular formula is C18H24N4. The Labute approximate surface area is 132 Å². The molecule has 1 aromatic heterocycles. The van der Waals surface area contributed by atoms with Crippen molar-refractivity contribution in [2.24, 2.45) is 0 Å². The maximum absolute atomic E-state index is 4.75. The lowest BCUT2D eigenvalue weighted by atomic mass is 10.0. The minimum atomic E-state index is 0.530. The van der Waals surface area contributed by atoms with Crippen molar-refractivity contribution in [3.05, 3.63) is 48.0 Å². The second-order valence-corrected chi connectivity index (χ2v) is 6.02. The zero-order valence-corrected chi connectivity index (χ0v) is 13.3. The molecule has 0 bridgehead atoms. The number of hydrogen-bond donors (Lipinski definition) is 2. The molecule has 0 spiro atoms. The third-order valence-corrected chi connectivity index (χ3v) is 4.00. The van der Waals surface area contributed by atoms with Gasteiger partial charge in [-0.1, -0.05) is 32.0 Å². The van der Waals surface area contributed by atoms with E-state index in [0.717, 1.165) is 43.5 Å². The zero-order chi connectivity index (χ0) is 15.4. The summed E-state index contributed by atoms with van der Waals surface area (Å²) in [4.78, 5) is 7.08. The molecule has 1 aliphatic heterocycles. The van der Waals surface area contributed by atoms with Gasteiger partial charge in [0.05, 0.1) is 0 Å². The standard InChI is InChI=1S/C18H24N4/c1-14(2)15-5-3-6-16(13-15)20-17-7-4-8-18(21-17)22-11-9-19-10-12-22/h3-8,13-14,19H,9-12H2,1-2H3,(H,20,21). The highest BCUT2D eigenvalue weighted by atomic mass is 15.2. The summed E-state index contributed by atoms with van der Waals surface area (Å²) in [7, 11) is 0. The molecule has 116 valence electrons. The highest BCUT2D eigenvalue weighted by Gasteiger charge is 2.11. The largest absolute Gasteiger partial charge is 0.354 e. The molecule has 1 aliphatic rings. The van der Waals surface area contributed by atoms with E-state index < -0.39 is 0 Å². The van der Waals surface area contributed by atoms with Crippen molar-refractivity contribution in [3.8, 4) is 0 Å². The fraction of sp³-hybridized carbons (Fsp3) is 0.389. The summed E-state index contributed by atoms with van der Waals surface area (Å²) in [5, 5.41) is 6.80. The SMILES string of the molecule is CC(C)c1cccc(Nc2cccc(N3CCNCC3)n2)c1. The van der Waals surface area contributed by atoms with E-state index in [-0.39, 0.29) is 0 Å². The average molecular weight is 296 g/mol. The van der Waals surface area contributed by atoms with E-state index in [4.69, 9.17) is 4.98 Å². The lowest BCUT2D eigenvalue weighted by molar-refractivity contribution is 0.585. The van der Waals surface area contributed by atoms with Gasteiger partial charge in [-0.3, -0.25) is 0 Å². The number of benzene rings is 1. The van der Waals surface area contributed by atoms with Crippen LogP contribution in [-0.2, 0) is 0 Å². The molecule has 1 saturated heterocycles. The van der Waals surface area contributed by atoms with Crippen molar-refractivity contribution in [2.75, 3.05) is 36.4 Å². The minimum Gasteiger partial charge on any atom is -0.354 e. The van der Waals surface area contributed by atoms with Crippen molar-refractivity contribution >= 4 is 17.3 Å². The van der Waals surface area contributed by atoms with Gasteiger partial charge in [-0.15, -0.1) is 0 Å². The van der Waals surface area contributed by atoms with Crippen molar-refractivity contribution in [2.45, 2.75) is 19.8 Å². The van der Waals surface area contributed by atoms with Gasteiger partial charge in [0.25, 0.3) is 0 Å². The Bertz CT molecular complexity index is 618. The molecule has 2 N–H and O–H groups in total. The summed E-state index contributed by atoms with van der Waals surface area (Å²) in [6, 6.07) is 14.7. The van der Waals surface area contributed by atoms with Gasteiger partial charge in [-0.25, -0.2) is 4.98 Å². The summed E-state index contributed by atoms with van der Waals surface area (Å²) in [5.41, 5.74) is 2.43. The van der Waals surface area contributed by atoms with Crippen LogP contribution in [0.1, 0.15) is 25.3 Å². The van der Waals surface area contributed by atoms with Crippen molar-refractivity contribution in [1.82, 2.24) is 10.3 Å². The minimum absolute atomic E-state index is 0.530. The lowest BCUT2D eigenvalue weighted by Gasteiger charge is -2.28. The van der Waals surface area contributed by atoms with E-state index in [9.17, 15) is 0 Å². The Morgan fingerprint density at radius 3 is 2.64 bits per heavy atom. The summed E-state index contributed by atoms with van der Waals surface area (Å²) >= 11 is 0. The molecule has 4 heteroatoms. The van der Waals surface area contributed by atoms with Crippen molar-refractivity contribution < 1.29 is 0 Å². The maximum atomic E-state index is 4.75. The van der Waals surface area contributed by atoms with Crippen LogP contribution in [0.15, 0.2) is 42.5 Å². The van der Waals surface area contributed by atoms with Crippen LogP contribution in [0.25, 0.3) is 0 Å². The second-order valence-electron chi connectivity index (χ2n) is 6.02. The van der Waals surface area contributed by atoms with E-state index in [2.05, 4.69) is 65.8 Å². The monoisotopic (exact) mass is 296 g/mol. The number of piperazine rings is 1. The maximum Gasteiger partial charge on any atom is 0.132 e. The second kappa shape index (κ2) is 6.79. The Kier molecular flexibility index (Phi) is 4.59. The number of rotatable bonds is 4. The first kappa shape index (κ1) is 14.9. The van der Waals surface area contributed by atoms with Gasteiger partial charge in [0.2, 0.25) is 0 Å². The molecule has 0 unspecified atom stereocenters. The molecule has 0 aliphatic carbocycles. The quantitative estimate of drug-likeness (QED) is 0.907. The molecule has 0 saturated carbocycles. The first-order valence-corrected chi connectivity index (χ1v) is 8.02. The topological polar surface area (TPSA) is 40.2 Å². The Morgan fingerprint density at radius 2 is 1.86 bits per heavy atom. The van der Waals surface area contributed by atoms with Gasteiger partial charge < -0.3 is 15.5 Å². The fourth-order valence-electron chi connectivity index (χ4n) is 2.69. The predicted molar refractivity (Wildman–Crippen MR) is 93.1 cm³/mol. The molecular weight excluding hydrogens is 272 g/mol. The van der Waals surface area contributed by atoms with E-state index in [1.807, 2.05) is 6.07 Å². The highest BCUT2D eigenvalue weighted by molar-refractivity contribution is 5.59. The van der Waals surface area contributed by atoms with Crippen molar-refractivity contribution in [3.63, 3.8) is 0 Å². The van der Waals surface area contributed by atoms with Crippen LogP contribution >= 0.6 is 0 Å². The predicted octanol–water partition coefficient (Wildman–Crippen LogP) is 3.36. The number of pyridine rings is 1. The molecule has 3 rings (SSSR count). The number of anilines is 3. The highest BCUT2D eigenvalue weighted by Crippen LogP contribution is 2.22. The summed E-state index contributed by atoms with van der Waals surface area (Å²) in [6.07, 6.45) is 0. The Balaban J connectivity index is 1.76. The van der Waals surface area contributed by atoms with Gasteiger partial charge in [0.15, 0.2) is 0 Å². The normalized spacial score (nSPS) is 15.1. The Hall–Kier alpha value is -2.07. The Morgan fingerprint density at radius 1 is 1.09 bits per heavy atom. The van der Waals surface area contributed by atoms with Crippen LogP contribution in [0, 0.1) is 0 Å². The summed E-state index contributed by atoms with van der Waals surface area (Å²) < 4.78 is 0. The van der Waals surface area contributed by atoms with Gasteiger partial charge in [-0.05, 0) is 35.7 Å². The zero-order valence-electron chi connectivity index (χ0n) is 13.3. The van der Waals surface area contributed by atoms with E-state index in [1.165, 1.54) is 5.56 Å². The van der Waals surface area contributed by atoms with Crippen molar-refractivity contribution in [1.29, 1.82) is 0 Å². The first-order valence-electron chi connectivity index (χ1n) is 8.02. The molecule has 1 fully saturated rings. The van der Waals surface area contributed by atoms with Gasteiger partial charge in [0.1, 0.15) is 11.6 Å². The lowest BCUT2D eigenvalue weighted by Crippen LogP contribution is -2.43. The van der Waals surface area contributed by atoms with Crippen LogP contribution < -0.4 is 15.5 Å². The molecule has 1 aromatic carbocycles. The first-order chi connectivity index (χ1) is 10.7. The summed E-state index contributed by atoms with van der Waals surface area (Å²) in [6.45, 7) is 8.49. The molecule has 2 aromatic rings. The van der Waals surface area contributed by atoms with Crippen LogP contribution in [0.3, 0.4) is 0 Å². The molecule has 2 heterocycles. The van der Waals surface area contributed by atoms with E-state index >= 15 is 0 Å². The van der Waals surface area contributed by atoms with Gasteiger partial charge in [0, 0.05) is 31.9 Å². The third-order valence-electron chi connectivity index (χ3n) is 4.00. The number of hydrogen-bond acceptors (Lipinski definition) is 4. The molecule has 0 radical (unpaired) electrons. The van der Waals surface area contributed by atoms with Crippen LogP contribution in [0.5, 0.6) is 0 Å². The average Bonchev–Trinajstić information content (AvgIpc) is 2.56. The third kappa shape index (κ3) is 3.57. The molecule has 0 amide bonds. The fourth-order valence-corrected chi connectivity index (χ4v) is 2.69. The molecule has 22 heavy (non-hydrogen) atoms. The van der Waals surface area contributed by atoms with Gasteiger partial charge >= 0.3 is 0 Å². The number of nitrogens with zero attached hydrogens (tertiary/aromatic N) is 2. The van der Waals surface area contributed by atoms with Crippen LogP contribution in [0.2, 0.25) is 0 Å². The van der Waals surface area contributed by atoms with E-state index in [1.54, 1.807) is 0 Å². The van der Waals surface area contributed by atoms with Crippen LogP contribution in [0.4, 0.5) is 17.3 Å². The number of aromatic nitrogens is 1. The smallest absolute Gasteiger partial charge is 0.132 e. The van der Waals surface area contributed by atoms with Crippen LogP contribution in [-0.4, -0.2) is 31.2 Å². The molecule has 4 nitrogen and oxygen atoms in total. The van der Waals surface area contributed by atoms with E-state index in [0.29, 0.717) is 5.92 Å².